The minimum atomic E-state index is -0.633. The van der Waals surface area contributed by atoms with Crippen LogP contribution in [0.5, 0.6) is 0 Å². The molecule has 3 aliphatic rings. The van der Waals surface area contributed by atoms with Crippen LogP contribution >= 0.6 is 0 Å². The van der Waals surface area contributed by atoms with Crippen molar-refractivity contribution in [1.82, 2.24) is 15.5 Å². The Morgan fingerprint density at radius 3 is 2.96 bits per heavy atom. The number of carbonyl (C=O) groups excluding carboxylic acids is 2. The van der Waals surface area contributed by atoms with Gasteiger partial charge in [-0.05, 0) is 30.5 Å². The normalized spacial score (nSPS) is 26.5. The predicted molar refractivity (Wildman–Crippen MR) is 83.4 cm³/mol. The molecule has 0 aromatic heterocycles. The third kappa shape index (κ3) is 2.65. The highest BCUT2D eigenvalue weighted by Crippen LogP contribution is 2.33. The fourth-order valence-corrected chi connectivity index (χ4v) is 3.55. The zero-order chi connectivity index (χ0) is 16.7. The number of urea groups is 1. The first-order valence-electron chi connectivity index (χ1n) is 8.09. The molecule has 2 atom stereocenters. The van der Waals surface area contributed by atoms with Gasteiger partial charge < -0.3 is 20.3 Å². The Morgan fingerprint density at radius 1 is 1.33 bits per heavy atom. The van der Waals surface area contributed by atoms with Crippen molar-refractivity contribution in [1.29, 1.82) is 0 Å². The van der Waals surface area contributed by atoms with Gasteiger partial charge in [0.25, 0.3) is 5.91 Å². The van der Waals surface area contributed by atoms with Gasteiger partial charge in [-0.2, -0.15) is 0 Å². The van der Waals surface area contributed by atoms with Crippen LogP contribution in [0.1, 0.15) is 24.4 Å². The number of halogens is 1. The molecule has 1 fully saturated rings. The Bertz CT molecular complexity index is 728. The maximum atomic E-state index is 13.6. The van der Waals surface area contributed by atoms with Crippen LogP contribution in [0.2, 0.25) is 0 Å². The molecule has 3 aliphatic heterocycles. The number of benzene rings is 1. The Kier molecular flexibility index (Phi) is 3.72. The lowest BCUT2D eigenvalue weighted by atomic mass is 9.96. The van der Waals surface area contributed by atoms with Crippen molar-refractivity contribution in [2.24, 2.45) is 0 Å². The van der Waals surface area contributed by atoms with Gasteiger partial charge in [0.15, 0.2) is 0 Å². The number of hydrogen-bond donors (Lipinski definition) is 2. The largest absolute Gasteiger partial charge is 0.376 e. The molecule has 1 saturated heterocycles. The SMILES string of the molecule is O=C1NC2=C(C(=O)N(C[C@H]3CCCO3)C2)[C@@H](c2cccc(F)c2)N1. The molecule has 3 amide bonds. The van der Waals surface area contributed by atoms with Crippen molar-refractivity contribution in [3.63, 3.8) is 0 Å². The molecule has 0 bridgehead atoms. The third-order valence-electron chi connectivity index (χ3n) is 4.65. The highest BCUT2D eigenvalue weighted by molar-refractivity contribution is 6.01. The van der Waals surface area contributed by atoms with E-state index in [9.17, 15) is 14.0 Å². The van der Waals surface area contributed by atoms with Gasteiger partial charge in [-0.15, -0.1) is 0 Å². The van der Waals surface area contributed by atoms with Crippen molar-refractivity contribution in [3.05, 3.63) is 46.9 Å². The van der Waals surface area contributed by atoms with Crippen LogP contribution < -0.4 is 10.6 Å². The molecule has 126 valence electrons. The van der Waals surface area contributed by atoms with Gasteiger partial charge in [0, 0.05) is 13.2 Å². The second-order valence-electron chi connectivity index (χ2n) is 6.30. The number of hydrogen-bond acceptors (Lipinski definition) is 3. The molecule has 0 unspecified atom stereocenters. The van der Waals surface area contributed by atoms with E-state index in [4.69, 9.17) is 4.74 Å². The zero-order valence-corrected chi connectivity index (χ0v) is 13.0. The summed E-state index contributed by atoms with van der Waals surface area (Å²) in [6, 6.07) is 4.95. The third-order valence-corrected chi connectivity index (χ3v) is 4.65. The van der Waals surface area contributed by atoms with E-state index in [2.05, 4.69) is 10.6 Å². The molecule has 0 aliphatic carbocycles. The molecule has 0 saturated carbocycles. The number of nitrogens with zero attached hydrogens (tertiary/aromatic N) is 1. The van der Waals surface area contributed by atoms with Crippen LogP contribution in [0.15, 0.2) is 35.5 Å². The Hall–Kier alpha value is -2.41. The first kappa shape index (κ1) is 15.1. The van der Waals surface area contributed by atoms with Gasteiger partial charge >= 0.3 is 6.03 Å². The Labute approximate surface area is 138 Å². The quantitative estimate of drug-likeness (QED) is 0.881. The molecular formula is C17H18FN3O3. The summed E-state index contributed by atoms with van der Waals surface area (Å²) in [7, 11) is 0. The standard InChI is InChI=1S/C17H18FN3O3/c18-11-4-1-3-10(7-11)15-14-13(19-17(23)20-15)9-21(16(14)22)8-12-5-2-6-24-12/h1,3-4,7,12,15H,2,5-6,8-9H2,(H2,19,20,23)/t12-,15-/m1/s1. The number of nitrogens with one attached hydrogen (secondary N) is 2. The lowest BCUT2D eigenvalue weighted by Crippen LogP contribution is -2.44. The smallest absolute Gasteiger partial charge is 0.319 e. The second-order valence-corrected chi connectivity index (χ2v) is 6.30. The summed E-state index contributed by atoms with van der Waals surface area (Å²) in [6.45, 7) is 1.59. The van der Waals surface area contributed by atoms with Gasteiger partial charge in [0.05, 0.1) is 30.0 Å². The highest BCUT2D eigenvalue weighted by atomic mass is 19.1. The molecule has 4 rings (SSSR count). The Balaban J connectivity index is 1.61. The minimum absolute atomic E-state index is 0.0478. The summed E-state index contributed by atoms with van der Waals surface area (Å²) in [6.07, 6.45) is 1.99. The number of carbonyl (C=O) groups is 2. The van der Waals surface area contributed by atoms with E-state index in [1.165, 1.54) is 12.1 Å². The molecule has 2 N–H and O–H groups in total. The van der Waals surface area contributed by atoms with Crippen LogP contribution in [-0.4, -0.2) is 42.6 Å². The van der Waals surface area contributed by atoms with Gasteiger partial charge in [-0.1, -0.05) is 12.1 Å². The van der Waals surface area contributed by atoms with Crippen molar-refractivity contribution >= 4 is 11.9 Å². The van der Waals surface area contributed by atoms with Gasteiger partial charge in [0.2, 0.25) is 0 Å². The summed E-state index contributed by atoms with van der Waals surface area (Å²) in [4.78, 5) is 26.5. The topological polar surface area (TPSA) is 70.7 Å². The number of amides is 3. The maximum absolute atomic E-state index is 13.6. The fraction of sp³-hybridized carbons (Fsp3) is 0.412. The van der Waals surface area contributed by atoms with Crippen LogP contribution in [0.3, 0.4) is 0 Å². The van der Waals surface area contributed by atoms with Gasteiger partial charge in [-0.3, -0.25) is 4.79 Å². The van der Waals surface area contributed by atoms with Crippen molar-refractivity contribution in [2.75, 3.05) is 19.7 Å². The van der Waals surface area contributed by atoms with Crippen molar-refractivity contribution < 1.29 is 18.7 Å². The summed E-state index contributed by atoms with van der Waals surface area (Å²) < 4.78 is 19.2. The minimum Gasteiger partial charge on any atom is -0.376 e. The molecule has 6 nitrogen and oxygen atoms in total. The van der Waals surface area contributed by atoms with Gasteiger partial charge in [0.1, 0.15) is 5.82 Å². The summed E-state index contributed by atoms with van der Waals surface area (Å²) in [5.41, 5.74) is 1.64. The molecule has 0 spiro atoms. The number of rotatable bonds is 3. The van der Waals surface area contributed by atoms with E-state index in [0.717, 1.165) is 19.4 Å². The molecule has 7 heteroatoms. The predicted octanol–water partition coefficient (Wildman–Crippen LogP) is 1.45. The molecule has 1 aromatic carbocycles. The van der Waals surface area contributed by atoms with E-state index in [1.54, 1.807) is 17.0 Å². The van der Waals surface area contributed by atoms with Crippen molar-refractivity contribution in [2.45, 2.75) is 25.0 Å². The van der Waals surface area contributed by atoms with Crippen LogP contribution in [0.25, 0.3) is 0 Å². The molecule has 0 radical (unpaired) electrons. The first-order valence-corrected chi connectivity index (χ1v) is 8.09. The average Bonchev–Trinajstić information content (AvgIpc) is 3.16. The molecule has 24 heavy (non-hydrogen) atoms. The maximum Gasteiger partial charge on any atom is 0.319 e. The van der Waals surface area contributed by atoms with Crippen LogP contribution in [0, 0.1) is 5.82 Å². The van der Waals surface area contributed by atoms with E-state index >= 15 is 0 Å². The molecule has 3 heterocycles. The van der Waals surface area contributed by atoms with E-state index in [-0.39, 0.29) is 18.0 Å². The van der Waals surface area contributed by atoms with Crippen LogP contribution in [-0.2, 0) is 9.53 Å². The highest BCUT2D eigenvalue weighted by Gasteiger charge is 2.41. The lowest BCUT2D eigenvalue weighted by Gasteiger charge is -2.25. The average molecular weight is 331 g/mol. The summed E-state index contributed by atoms with van der Waals surface area (Å²) in [5, 5.41) is 5.43. The molecular weight excluding hydrogens is 313 g/mol. The first-order chi connectivity index (χ1) is 11.6. The van der Waals surface area contributed by atoms with E-state index in [0.29, 0.717) is 29.9 Å². The summed E-state index contributed by atoms with van der Waals surface area (Å²) >= 11 is 0. The fourth-order valence-electron chi connectivity index (χ4n) is 3.55. The van der Waals surface area contributed by atoms with E-state index < -0.39 is 11.9 Å². The number of ether oxygens (including phenoxy) is 1. The monoisotopic (exact) mass is 331 g/mol. The van der Waals surface area contributed by atoms with E-state index in [1.807, 2.05) is 0 Å². The Morgan fingerprint density at radius 2 is 2.21 bits per heavy atom. The lowest BCUT2D eigenvalue weighted by molar-refractivity contribution is -0.127. The zero-order valence-electron chi connectivity index (χ0n) is 13.0. The van der Waals surface area contributed by atoms with Crippen molar-refractivity contribution in [3.8, 4) is 0 Å². The van der Waals surface area contributed by atoms with Crippen LogP contribution in [0.4, 0.5) is 9.18 Å². The molecule has 1 aromatic rings. The summed E-state index contributed by atoms with van der Waals surface area (Å²) in [5.74, 6) is -0.536. The van der Waals surface area contributed by atoms with Gasteiger partial charge in [-0.25, -0.2) is 9.18 Å². The second kappa shape index (κ2) is 5.90.